The van der Waals surface area contributed by atoms with Gasteiger partial charge in [-0.3, -0.25) is 0 Å². The van der Waals surface area contributed by atoms with Crippen LogP contribution in [0.1, 0.15) is 33.6 Å². The minimum atomic E-state index is 0.447. The van der Waals surface area contributed by atoms with E-state index in [9.17, 15) is 0 Å². The van der Waals surface area contributed by atoms with Crippen molar-refractivity contribution >= 4 is 17.4 Å². The predicted octanol–water partition coefficient (Wildman–Crippen LogP) is 3.39. The molecule has 1 rings (SSSR count). The smallest absolute Gasteiger partial charge is 0.151 e. The second-order valence-corrected chi connectivity index (χ2v) is 4.32. The molecule has 1 aromatic rings. The molecule has 1 heterocycles. The molecule has 0 radical (unpaired) electrons. The second kappa shape index (κ2) is 6.69. The summed E-state index contributed by atoms with van der Waals surface area (Å²) in [5.41, 5.74) is 0. The molecule has 0 amide bonds. The quantitative estimate of drug-likeness (QED) is 0.765. The van der Waals surface area contributed by atoms with Crippen LogP contribution in [0.4, 0.5) is 5.82 Å². The third kappa shape index (κ3) is 3.63. The molecule has 0 aliphatic heterocycles. The molecule has 0 aliphatic carbocycles. The van der Waals surface area contributed by atoms with Crippen LogP contribution in [0.25, 0.3) is 0 Å². The molecule has 0 aliphatic rings. The van der Waals surface area contributed by atoms with Crippen LogP contribution < -0.4 is 4.90 Å². The van der Waals surface area contributed by atoms with Gasteiger partial charge in [0.05, 0.1) is 0 Å². The third-order valence-corrected chi connectivity index (χ3v) is 3.16. The van der Waals surface area contributed by atoms with Crippen molar-refractivity contribution in [3.8, 4) is 0 Å². The van der Waals surface area contributed by atoms with E-state index >= 15 is 0 Å². The maximum atomic E-state index is 5.73. The molecule has 3 nitrogen and oxygen atoms in total. The number of rotatable bonds is 6. The topological polar surface area (TPSA) is 29.0 Å². The van der Waals surface area contributed by atoms with Gasteiger partial charge in [-0.15, -0.1) is 10.2 Å². The molecule has 0 aromatic carbocycles. The first-order chi connectivity index (χ1) is 7.71. The average molecular weight is 242 g/mol. The van der Waals surface area contributed by atoms with E-state index in [-0.39, 0.29) is 0 Å². The molecule has 0 fully saturated rings. The SMILES string of the molecule is CCC(CC)CN(CC)c1ccc(Cl)nn1. The highest BCUT2D eigenvalue weighted by Gasteiger charge is 2.11. The van der Waals surface area contributed by atoms with Crippen molar-refractivity contribution in [3.63, 3.8) is 0 Å². The van der Waals surface area contributed by atoms with E-state index in [1.54, 1.807) is 6.07 Å². The number of nitrogens with zero attached hydrogens (tertiary/aromatic N) is 3. The van der Waals surface area contributed by atoms with Gasteiger partial charge in [0.2, 0.25) is 0 Å². The van der Waals surface area contributed by atoms with Crippen molar-refractivity contribution in [3.05, 3.63) is 17.3 Å². The molecule has 4 heteroatoms. The van der Waals surface area contributed by atoms with Crippen LogP contribution >= 0.6 is 11.6 Å². The minimum absolute atomic E-state index is 0.447. The second-order valence-electron chi connectivity index (χ2n) is 3.94. The maximum absolute atomic E-state index is 5.73. The predicted molar refractivity (Wildman–Crippen MR) is 69.0 cm³/mol. The molecule has 0 atom stereocenters. The molecule has 0 saturated carbocycles. The van der Waals surface area contributed by atoms with Gasteiger partial charge in [0.25, 0.3) is 0 Å². The molecule has 0 saturated heterocycles. The van der Waals surface area contributed by atoms with E-state index in [4.69, 9.17) is 11.6 Å². The summed E-state index contributed by atoms with van der Waals surface area (Å²) in [6.07, 6.45) is 2.40. The van der Waals surface area contributed by atoms with Crippen molar-refractivity contribution in [2.75, 3.05) is 18.0 Å². The van der Waals surface area contributed by atoms with Gasteiger partial charge in [0.1, 0.15) is 0 Å². The molecule has 16 heavy (non-hydrogen) atoms. The van der Waals surface area contributed by atoms with Crippen LogP contribution in [0.5, 0.6) is 0 Å². The number of anilines is 1. The fourth-order valence-corrected chi connectivity index (χ4v) is 1.82. The molecule has 90 valence electrons. The molecule has 1 aromatic heterocycles. The van der Waals surface area contributed by atoms with E-state index in [0.29, 0.717) is 5.15 Å². The summed E-state index contributed by atoms with van der Waals surface area (Å²) in [6.45, 7) is 8.59. The highest BCUT2D eigenvalue weighted by molar-refractivity contribution is 6.29. The Morgan fingerprint density at radius 2 is 1.88 bits per heavy atom. The number of aromatic nitrogens is 2. The Hall–Kier alpha value is -0.830. The Morgan fingerprint density at radius 1 is 1.19 bits per heavy atom. The van der Waals surface area contributed by atoms with Gasteiger partial charge >= 0.3 is 0 Å². The lowest BCUT2D eigenvalue weighted by molar-refractivity contribution is 0.484. The minimum Gasteiger partial charge on any atom is -0.355 e. The summed E-state index contributed by atoms with van der Waals surface area (Å²) in [4.78, 5) is 2.25. The Bertz CT molecular complexity index is 296. The molecular weight excluding hydrogens is 222 g/mol. The van der Waals surface area contributed by atoms with Crippen LogP contribution in [0.2, 0.25) is 5.15 Å². The summed E-state index contributed by atoms with van der Waals surface area (Å²) in [5, 5.41) is 8.44. The van der Waals surface area contributed by atoms with E-state index in [1.165, 1.54) is 12.8 Å². The Balaban J connectivity index is 2.70. The van der Waals surface area contributed by atoms with E-state index < -0.39 is 0 Å². The first-order valence-electron chi connectivity index (χ1n) is 5.95. The fourth-order valence-electron chi connectivity index (χ4n) is 1.72. The van der Waals surface area contributed by atoms with Crippen molar-refractivity contribution in [2.45, 2.75) is 33.6 Å². The fraction of sp³-hybridized carbons (Fsp3) is 0.667. The zero-order valence-electron chi connectivity index (χ0n) is 10.3. The van der Waals surface area contributed by atoms with Crippen molar-refractivity contribution < 1.29 is 0 Å². The summed E-state index contributed by atoms with van der Waals surface area (Å²) < 4.78 is 0. The largest absolute Gasteiger partial charge is 0.355 e. The standard InChI is InChI=1S/C12H20ClN3/c1-4-10(5-2)9-16(6-3)12-8-7-11(13)14-15-12/h7-8,10H,4-6,9H2,1-3H3. The van der Waals surface area contributed by atoms with E-state index in [2.05, 4.69) is 35.9 Å². The van der Waals surface area contributed by atoms with Gasteiger partial charge in [-0.25, -0.2) is 0 Å². The lowest BCUT2D eigenvalue weighted by Gasteiger charge is -2.25. The highest BCUT2D eigenvalue weighted by Crippen LogP contribution is 2.16. The molecule has 0 bridgehead atoms. The summed E-state index contributed by atoms with van der Waals surface area (Å²) >= 11 is 5.73. The highest BCUT2D eigenvalue weighted by atomic mass is 35.5. The van der Waals surface area contributed by atoms with Crippen molar-refractivity contribution in [2.24, 2.45) is 5.92 Å². The molecule has 0 N–H and O–H groups in total. The number of halogens is 1. The van der Waals surface area contributed by atoms with Crippen molar-refractivity contribution in [1.29, 1.82) is 0 Å². The first-order valence-corrected chi connectivity index (χ1v) is 6.33. The van der Waals surface area contributed by atoms with Crippen molar-refractivity contribution in [1.82, 2.24) is 10.2 Å². The Labute approximate surface area is 103 Å². The van der Waals surface area contributed by atoms with Crippen LogP contribution in [0.3, 0.4) is 0 Å². The summed E-state index contributed by atoms with van der Waals surface area (Å²) in [5.74, 6) is 1.64. The van der Waals surface area contributed by atoms with E-state index in [0.717, 1.165) is 24.8 Å². The van der Waals surface area contributed by atoms with Gasteiger partial charge in [0.15, 0.2) is 11.0 Å². The first kappa shape index (κ1) is 13.2. The van der Waals surface area contributed by atoms with Crippen LogP contribution in [-0.4, -0.2) is 23.3 Å². The van der Waals surface area contributed by atoms with Gasteiger partial charge in [0, 0.05) is 13.1 Å². The van der Waals surface area contributed by atoms with Crippen LogP contribution in [-0.2, 0) is 0 Å². The van der Waals surface area contributed by atoms with Crippen LogP contribution in [0.15, 0.2) is 12.1 Å². The monoisotopic (exact) mass is 241 g/mol. The summed E-state index contributed by atoms with van der Waals surface area (Å²) in [7, 11) is 0. The zero-order chi connectivity index (χ0) is 12.0. The number of hydrogen-bond acceptors (Lipinski definition) is 3. The Kier molecular flexibility index (Phi) is 5.53. The molecule has 0 spiro atoms. The lowest BCUT2D eigenvalue weighted by Crippen LogP contribution is -2.29. The number of hydrogen-bond donors (Lipinski definition) is 0. The molecular formula is C12H20ClN3. The maximum Gasteiger partial charge on any atom is 0.151 e. The zero-order valence-corrected chi connectivity index (χ0v) is 11.0. The normalized spacial score (nSPS) is 10.8. The molecule has 0 unspecified atom stereocenters. The summed E-state index contributed by atoms with van der Waals surface area (Å²) in [6, 6.07) is 3.72. The van der Waals surface area contributed by atoms with Gasteiger partial charge in [-0.2, -0.15) is 0 Å². The van der Waals surface area contributed by atoms with Crippen LogP contribution in [0, 0.1) is 5.92 Å². The Morgan fingerprint density at radius 3 is 2.31 bits per heavy atom. The van der Waals surface area contributed by atoms with Gasteiger partial charge < -0.3 is 4.90 Å². The average Bonchev–Trinajstić information content (AvgIpc) is 2.32. The lowest BCUT2D eigenvalue weighted by atomic mass is 10.0. The van der Waals surface area contributed by atoms with Gasteiger partial charge in [-0.1, -0.05) is 38.3 Å². The third-order valence-electron chi connectivity index (χ3n) is 2.96. The van der Waals surface area contributed by atoms with E-state index in [1.807, 2.05) is 6.07 Å². The van der Waals surface area contributed by atoms with Gasteiger partial charge in [-0.05, 0) is 25.0 Å².